The molecule has 1 fully saturated rings. The Kier molecular flexibility index (Phi) is 6.04. The standard InChI is InChI=1S/C20H25N3O2/c21-18(14-16-6-2-1-3-7-16)20(24)22-15-17-8-4-5-9-19(17)23-10-12-25-13-11-23/h1-9,18H,10-15,21H2,(H,22,24). The van der Waals surface area contributed by atoms with Crippen molar-refractivity contribution in [2.75, 3.05) is 31.2 Å². The number of carbonyl (C=O) groups is 1. The summed E-state index contributed by atoms with van der Waals surface area (Å²) in [5.74, 6) is -0.124. The zero-order valence-corrected chi connectivity index (χ0v) is 14.4. The molecule has 0 saturated carbocycles. The minimum Gasteiger partial charge on any atom is -0.378 e. The van der Waals surface area contributed by atoms with Crippen molar-refractivity contribution in [1.82, 2.24) is 5.32 Å². The number of anilines is 1. The molecule has 3 rings (SSSR count). The fraction of sp³-hybridized carbons (Fsp3) is 0.350. The normalized spacial score (nSPS) is 15.6. The number of para-hydroxylation sites is 1. The number of ether oxygens (including phenoxy) is 1. The Balaban J connectivity index is 1.58. The molecule has 5 heteroatoms. The Morgan fingerprint density at radius 1 is 1.08 bits per heavy atom. The lowest BCUT2D eigenvalue weighted by Gasteiger charge is -2.30. The smallest absolute Gasteiger partial charge is 0.237 e. The average Bonchev–Trinajstić information content (AvgIpc) is 2.68. The van der Waals surface area contributed by atoms with Crippen LogP contribution >= 0.6 is 0 Å². The zero-order valence-electron chi connectivity index (χ0n) is 14.4. The van der Waals surface area contributed by atoms with Crippen LogP contribution < -0.4 is 16.0 Å². The van der Waals surface area contributed by atoms with Crippen LogP contribution in [0.15, 0.2) is 54.6 Å². The maximum atomic E-state index is 12.3. The van der Waals surface area contributed by atoms with Crippen molar-refractivity contribution in [2.24, 2.45) is 5.73 Å². The molecule has 5 nitrogen and oxygen atoms in total. The maximum Gasteiger partial charge on any atom is 0.237 e. The molecular formula is C20H25N3O2. The van der Waals surface area contributed by atoms with Gasteiger partial charge in [0.15, 0.2) is 0 Å². The second kappa shape index (κ2) is 8.65. The Hall–Kier alpha value is -2.37. The van der Waals surface area contributed by atoms with Crippen LogP contribution in [0, 0.1) is 0 Å². The molecule has 0 aliphatic carbocycles. The lowest BCUT2D eigenvalue weighted by atomic mass is 10.1. The molecule has 0 spiro atoms. The predicted molar refractivity (Wildman–Crippen MR) is 99.4 cm³/mol. The van der Waals surface area contributed by atoms with Crippen LogP contribution in [0.25, 0.3) is 0 Å². The summed E-state index contributed by atoms with van der Waals surface area (Å²) in [6.07, 6.45) is 0.539. The van der Waals surface area contributed by atoms with Gasteiger partial charge in [0.25, 0.3) is 0 Å². The quantitative estimate of drug-likeness (QED) is 0.841. The number of hydrogen-bond acceptors (Lipinski definition) is 4. The van der Waals surface area contributed by atoms with E-state index in [4.69, 9.17) is 10.5 Å². The van der Waals surface area contributed by atoms with E-state index < -0.39 is 6.04 Å². The summed E-state index contributed by atoms with van der Waals surface area (Å²) in [7, 11) is 0. The molecule has 0 aromatic heterocycles. The van der Waals surface area contributed by atoms with E-state index >= 15 is 0 Å². The number of nitrogens with two attached hydrogens (primary N) is 1. The number of amides is 1. The van der Waals surface area contributed by atoms with E-state index in [1.807, 2.05) is 48.5 Å². The highest BCUT2D eigenvalue weighted by atomic mass is 16.5. The molecule has 2 aromatic carbocycles. The number of morpholine rings is 1. The minimum atomic E-state index is -0.544. The molecular weight excluding hydrogens is 314 g/mol. The van der Waals surface area contributed by atoms with E-state index in [9.17, 15) is 4.79 Å². The van der Waals surface area contributed by atoms with Gasteiger partial charge in [0.05, 0.1) is 19.3 Å². The molecule has 3 N–H and O–H groups in total. The van der Waals surface area contributed by atoms with Crippen molar-refractivity contribution in [2.45, 2.75) is 19.0 Å². The topological polar surface area (TPSA) is 67.6 Å². The van der Waals surface area contributed by atoms with Crippen LogP contribution in [0.1, 0.15) is 11.1 Å². The molecule has 1 saturated heterocycles. The Bertz CT molecular complexity index is 684. The Labute approximate surface area is 148 Å². The Morgan fingerprint density at radius 2 is 1.76 bits per heavy atom. The number of carbonyl (C=O) groups excluding carboxylic acids is 1. The van der Waals surface area contributed by atoms with E-state index in [1.54, 1.807) is 0 Å². The summed E-state index contributed by atoms with van der Waals surface area (Å²) in [5.41, 5.74) is 9.38. The third-order valence-electron chi connectivity index (χ3n) is 4.43. The van der Waals surface area contributed by atoms with Gasteiger partial charge in [0.2, 0.25) is 5.91 Å². The van der Waals surface area contributed by atoms with Gasteiger partial charge >= 0.3 is 0 Å². The van der Waals surface area contributed by atoms with E-state index in [2.05, 4.69) is 16.3 Å². The van der Waals surface area contributed by atoms with Gasteiger partial charge in [-0.1, -0.05) is 48.5 Å². The fourth-order valence-electron chi connectivity index (χ4n) is 3.05. The largest absolute Gasteiger partial charge is 0.378 e. The first-order valence-electron chi connectivity index (χ1n) is 8.72. The SMILES string of the molecule is NC(Cc1ccccc1)C(=O)NCc1ccccc1N1CCOCC1. The zero-order chi connectivity index (χ0) is 17.5. The molecule has 1 atom stereocenters. The molecule has 1 aliphatic rings. The van der Waals surface area contributed by atoms with Gasteiger partial charge in [-0.2, -0.15) is 0 Å². The first kappa shape index (κ1) is 17.5. The van der Waals surface area contributed by atoms with Crippen LogP contribution in [0.5, 0.6) is 0 Å². The van der Waals surface area contributed by atoms with Crippen molar-refractivity contribution in [3.05, 3.63) is 65.7 Å². The molecule has 1 aliphatic heterocycles. The minimum absolute atomic E-state index is 0.124. The second-order valence-corrected chi connectivity index (χ2v) is 6.24. The molecule has 132 valence electrons. The van der Waals surface area contributed by atoms with E-state index in [0.717, 1.165) is 43.1 Å². The van der Waals surface area contributed by atoms with Gasteiger partial charge in [-0.25, -0.2) is 0 Å². The summed E-state index contributed by atoms with van der Waals surface area (Å²) < 4.78 is 5.42. The van der Waals surface area contributed by atoms with Crippen molar-refractivity contribution < 1.29 is 9.53 Å². The summed E-state index contributed by atoms with van der Waals surface area (Å²) in [5, 5.41) is 2.98. The van der Waals surface area contributed by atoms with Crippen LogP contribution in [-0.4, -0.2) is 38.3 Å². The molecule has 0 radical (unpaired) electrons. The molecule has 2 aromatic rings. The summed E-state index contributed by atoms with van der Waals surface area (Å²) >= 11 is 0. The molecule has 1 heterocycles. The molecule has 25 heavy (non-hydrogen) atoms. The van der Waals surface area contributed by atoms with Gasteiger partial charge in [-0.05, 0) is 23.6 Å². The first-order valence-corrected chi connectivity index (χ1v) is 8.72. The summed E-state index contributed by atoms with van der Waals surface area (Å²) in [6, 6.07) is 17.5. The van der Waals surface area contributed by atoms with E-state index in [-0.39, 0.29) is 5.91 Å². The highest BCUT2D eigenvalue weighted by molar-refractivity contribution is 5.82. The fourth-order valence-corrected chi connectivity index (χ4v) is 3.05. The van der Waals surface area contributed by atoms with Gasteiger partial charge in [0.1, 0.15) is 0 Å². The van der Waals surface area contributed by atoms with Gasteiger partial charge in [-0.15, -0.1) is 0 Å². The predicted octanol–water partition coefficient (Wildman–Crippen LogP) is 1.71. The van der Waals surface area contributed by atoms with Crippen molar-refractivity contribution in [3.63, 3.8) is 0 Å². The van der Waals surface area contributed by atoms with Crippen molar-refractivity contribution in [1.29, 1.82) is 0 Å². The third-order valence-corrected chi connectivity index (χ3v) is 4.43. The molecule has 1 unspecified atom stereocenters. The van der Waals surface area contributed by atoms with Crippen LogP contribution in [0.4, 0.5) is 5.69 Å². The van der Waals surface area contributed by atoms with Crippen molar-refractivity contribution >= 4 is 11.6 Å². The van der Waals surface area contributed by atoms with E-state index in [0.29, 0.717) is 13.0 Å². The first-order chi connectivity index (χ1) is 12.2. The summed E-state index contributed by atoms with van der Waals surface area (Å²) in [4.78, 5) is 14.6. The average molecular weight is 339 g/mol. The highest BCUT2D eigenvalue weighted by Crippen LogP contribution is 2.21. The number of benzene rings is 2. The number of hydrogen-bond donors (Lipinski definition) is 2. The number of nitrogens with zero attached hydrogens (tertiary/aromatic N) is 1. The van der Waals surface area contributed by atoms with Crippen molar-refractivity contribution in [3.8, 4) is 0 Å². The Morgan fingerprint density at radius 3 is 2.52 bits per heavy atom. The number of nitrogens with one attached hydrogen (secondary N) is 1. The maximum absolute atomic E-state index is 12.3. The van der Waals surface area contributed by atoms with Crippen LogP contribution in [0.3, 0.4) is 0 Å². The molecule has 0 bridgehead atoms. The van der Waals surface area contributed by atoms with Gasteiger partial charge < -0.3 is 20.7 Å². The highest BCUT2D eigenvalue weighted by Gasteiger charge is 2.17. The monoisotopic (exact) mass is 339 g/mol. The van der Waals surface area contributed by atoms with E-state index in [1.165, 1.54) is 0 Å². The second-order valence-electron chi connectivity index (χ2n) is 6.24. The van der Waals surface area contributed by atoms with Crippen LogP contribution in [-0.2, 0) is 22.5 Å². The van der Waals surface area contributed by atoms with Crippen LogP contribution in [0.2, 0.25) is 0 Å². The lowest BCUT2D eigenvalue weighted by Crippen LogP contribution is -2.42. The summed E-state index contributed by atoms with van der Waals surface area (Å²) in [6.45, 7) is 3.71. The van der Waals surface area contributed by atoms with Gasteiger partial charge in [-0.3, -0.25) is 4.79 Å². The molecule has 1 amide bonds. The number of rotatable bonds is 6. The lowest BCUT2D eigenvalue weighted by molar-refractivity contribution is -0.122. The third kappa shape index (κ3) is 4.81. The van der Waals surface area contributed by atoms with Gasteiger partial charge in [0, 0.05) is 25.3 Å².